The zero-order valence-electron chi connectivity index (χ0n) is 9.80. The predicted molar refractivity (Wildman–Crippen MR) is 59.2 cm³/mol. The number of nitrogens with two attached hydrogens (primary N) is 1. The highest BCUT2D eigenvalue weighted by Gasteiger charge is 2.47. The van der Waals surface area contributed by atoms with Crippen molar-refractivity contribution >= 4 is 12.0 Å². The molecule has 102 valence electrons. The van der Waals surface area contributed by atoms with Crippen molar-refractivity contribution in [1.29, 1.82) is 0 Å². The molecule has 9 nitrogen and oxygen atoms in total. The van der Waals surface area contributed by atoms with Gasteiger partial charge in [-0.1, -0.05) is 0 Å². The van der Waals surface area contributed by atoms with Gasteiger partial charge < -0.3 is 30.7 Å². The third kappa shape index (κ3) is 2.01. The van der Waals surface area contributed by atoms with E-state index in [1.807, 2.05) is 0 Å². The summed E-state index contributed by atoms with van der Waals surface area (Å²) in [5.41, 5.74) is 5.48. The molecule has 2 rings (SSSR count). The first-order chi connectivity index (χ1) is 8.45. The predicted octanol–water partition coefficient (Wildman–Crippen LogP) is -2.93. The van der Waals surface area contributed by atoms with Gasteiger partial charge >= 0.3 is 6.03 Å². The molecule has 0 radical (unpaired) electrons. The molecule has 0 spiro atoms. The van der Waals surface area contributed by atoms with Crippen molar-refractivity contribution in [2.45, 2.75) is 24.5 Å². The van der Waals surface area contributed by atoms with E-state index in [0.29, 0.717) is 0 Å². The van der Waals surface area contributed by atoms with Gasteiger partial charge in [-0.25, -0.2) is 4.79 Å². The third-order valence-electron chi connectivity index (χ3n) is 3.04. The highest BCUT2D eigenvalue weighted by atomic mass is 16.6. The number of aliphatic imine (C=N–C) groups is 1. The third-order valence-corrected chi connectivity index (χ3v) is 3.04. The number of urea groups is 1. The van der Waals surface area contributed by atoms with Gasteiger partial charge in [-0.15, -0.1) is 0 Å². The van der Waals surface area contributed by atoms with E-state index in [1.165, 1.54) is 4.90 Å². The van der Waals surface area contributed by atoms with E-state index in [2.05, 4.69) is 4.99 Å². The Hall–Kier alpha value is -1.42. The number of ether oxygens (including phenoxy) is 1. The Labute approximate surface area is 103 Å². The molecule has 4 unspecified atom stereocenters. The SMILES string of the molecule is CN1CN(C2OC(CO)C(O)C2O)C(=O)N=C1N. The van der Waals surface area contributed by atoms with Crippen molar-refractivity contribution in [2.24, 2.45) is 10.7 Å². The summed E-state index contributed by atoms with van der Waals surface area (Å²) in [5, 5.41) is 28.4. The molecule has 4 atom stereocenters. The van der Waals surface area contributed by atoms with Crippen molar-refractivity contribution in [1.82, 2.24) is 9.80 Å². The number of amides is 2. The minimum atomic E-state index is -1.30. The molecule has 18 heavy (non-hydrogen) atoms. The van der Waals surface area contributed by atoms with E-state index in [-0.39, 0.29) is 12.6 Å². The average Bonchev–Trinajstić information content (AvgIpc) is 2.61. The normalized spacial score (nSPS) is 37.1. The minimum absolute atomic E-state index is 0.0722. The highest BCUT2D eigenvalue weighted by Crippen LogP contribution is 2.25. The summed E-state index contributed by atoms with van der Waals surface area (Å²) in [5.74, 6) is 0.0722. The molecule has 0 saturated carbocycles. The largest absolute Gasteiger partial charge is 0.394 e. The Morgan fingerprint density at radius 3 is 2.72 bits per heavy atom. The van der Waals surface area contributed by atoms with Crippen LogP contribution in [-0.2, 0) is 4.74 Å². The van der Waals surface area contributed by atoms with Gasteiger partial charge in [-0.05, 0) is 0 Å². The first kappa shape index (κ1) is 13.0. The number of guanidine groups is 1. The fraction of sp³-hybridized carbons (Fsp3) is 0.778. The Bertz CT molecular complexity index is 376. The summed E-state index contributed by atoms with van der Waals surface area (Å²) in [7, 11) is 1.62. The molecule has 2 amide bonds. The summed E-state index contributed by atoms with van der Waals surface area (Å²) >= 11 is 0. The Balaban J connectivity index is 2.16. The number of nitrogens with zero attached hydrogens (tertiary/aromatic N) is 3. The number of aliphatic hydroxyl groups excluding tert-OH is 3. The fourth-order valence-corrected chi connectivity index (χ4v) is 1.94. The van der Waals surface area contributed by atoms with Gasteiger partial charge in [-0.3, -0.25) is 4.90 Å². The van der Waals surface area contributed by atoms with Gasteiger partial charge in [0, 0.05) is 7.05 Å². The second-order valence-corrected chi connectivity index (χ2v) is 4.29. The second-order valence-electron chi connectivity index (χ2n) is 4.29. The quantitative estimate of drug-likeness (QED) is 0.417. The number of carbonyl (C=O) groups excluding carboxylic acids is 1. The number of aliphatic hydroxyl groups is 3. The smallest absolute Gasteiger partial charge is 0.350 e. The molecule has 1 fully saturated rings. The van der Waals surface area contributed by atoms with Crippen LogP contribution in [0, 0.1) is 0 Å². The maximum atomic E-state index is 11.7. The zero-order chi connectivity index (χ0) is 13.4. The van der Waals surface area contributed by atoms with Crippen molar-refractivity contribution in [3.8, 4) is 0 Å². The lowest BCUT2D eigenvalue weighted by Crippen LogP contribution is -2.56. The molecule has 2 aliphatic heterocycles. The van der Waals surface area contributed by atoms with Crippen molar-refractivity contribution in [2.75, 3.05) is 20.3 Å². The highest BCUT2D eigenvalue weighted by molar-refractivity contribution is 5.93. The van der Waals surface area contributed by atoms with Crippen LogP contribution in [0.4, 0.5) is 4.79 Å². The van der Waals surface area contributed by atoms with Crippen molar-refractivity contribution < 1.29 is 24.9 Å². The van der Waals surface area contributed by atoms with Crippen molar-refractivity contribution in [3.05, 3.63) is 0 Å². The van der Waals surface area contributed by atoms with Gasteiger partial charge in [0.1, 0.15) is 18.3 Å². The van der Waals surface area contributed by atoms with Crippen molar-refractivity contribution in [3.63, 3.8) is 0 Å². The molecule has 5 N–H and O–H groups in total. The molecule has 2 aliphatic rings. The van der Waals surface area contributed by atoms with Gasteiger partial charge in [-0.2, -0.15) is 4.99 Å². The summed E-state index contributed by atoms with van der Waals surface area (Å²) in [6.45, 7) is -0.362. The zero-order valence-corrected chi connectivity index (χ0v) is 9.80. The first-order valence-electron chi connectivity index (χ1n) is 5.44. The van der Waals surface area contributed by atoms with Gasteiger partial charge in [0.15, 0.2) is 6.23 Å². The number of hydrogen-bond donors (Lipinski definition) is 4. The van der Waals surface area contributed by atoms with Gasteiger partial charge in [0.2, 0.25) is 5.96 Å². The monoisotopic (exact) mass is 260 g/mol. The van der Waals surface area contributed by atoms with Crippen LogP contribution in [0.25, 0.3) is 0 Å². The summed E-state index contributed by atoms with van der Waals surface area (Å²) < 4.78 is 5.25. The lowest BCUT2D eigenvalue weighted by atomic mass is 10.1. The van der Waals surface area contributed by atoms with Crippen LogP contribution >= 0.6 is 0 Å². The second kappa shape index (κ2) is 4.69. The Morgan fingerprint density at radius 1 is 1.50 bits per heavy atom. The number of hydrogen-bond acceptors (Lipinski definition) is 7. The maximum absolute atomic E-state index is 11.7. The van der Waals surface area contributed by atoms with Crippen LogP contribution in [-0.4, -0.2) is 82.0 Å². The first-order valence-corrected chi connectivity index (χ1v) is 5.44. The Kier molecular flexibility index (Phi) is 3.39. The van der Waals surface area contributed by atoms with E-state index >= 15 is 0 Å². The topological polar surface area (TPSA) is 132 Å². The van der Waals surface area contributed by atoms with Crippen LogP contribution in [0.1, 0.15) is 0 Å². The lowest BCUT2D eigenvalue weighted by Gasteiger charge is -2.35. The summed E-state index contributed by atoms with van der Waals surface area (Å²) in [6, 6.07) is -0.652. The van der Waals surface area contributed by atoms with Gasteiger partial charge in [0.05, 0.1) is 13.3 Å². The maximum Gasteiger partial charge on any atom is 0.350 e. The van der Waals surface area contributed by atoms with Gasteiger partial charge in [0.25, 0.3) is 0 Å². The molecule has 0 aromatic rings. The molecule has 2 heterocycles. The van der Waals surface area contributed by atoms with E-state index in [9.17, 15) is 15.0 Å². The number of rotatable bonds is 2. The fourth-order valence-electron chi connectivity index (χ4n) is 1.94. The van der Waals surface area contributed by atoms with Crippen LogP contribution < -0.4 is 5.73 Å². The Morgan fingerprint density at radius 2 is 2.17 bits per heavy atom. The van der Waals surface area contributed by atoms with E-state index in [0.717, 1.165) is 4.90 Å². The van der Waals surface area contributed by atoms with Crippen LogP contribution in [0.5, 0.6) is 0 Å². The van der Waals surface area contributed by atoms with E-state index in [4.69, 9.17) is 15.6 Å². The summed E-state index contributed by atoms with van der Waals surface area (Å²) in [6.07, 6.45) is -4.52. The molecular weight excluding hydrogens is 244 g/mol. The molecule has 1 saturated heterocycles. The molecular formula is C9H16N4O5. The summed E-state index contributed by atoms with van der Waals surface area (Å²) in [4.78, 5) is 17.9. The average molecular weight is 260 g/mol. The van der Waals surface area contributed by atoms with Crippen LogP contribution in [0.3, 0.4) is 0 Å². The van der Waals surface area contributed by atoms with E-state index < -0.39 is 37.2 Å². The van der Waals surface area contributed by atoms with E-state index in [1.54, 1.807) is 7.05 Å². The molecule has 0 aromatic carbocycles. The van der Waals surface area contributed by atoms with Crippen LogP contribution in [0.15, 0.2) is 4.99 Å². The molecule has 9 heteroatoms. The standard InChI is InChI=1S/C9H16N4O5/c1-12-3-13(9(17)11-8(12)10)7-6(16)5(15)4(2-14)18-7/h4-7,14-16H,2-3H2,1H3,(H2,10,11,17). The molecule has 0 aromatic heterocycles. The minimum Gasteiger partial charge on any atom is -0.394 e. The lowest BCUT2D eigenvalue weighted by molar-refractivity contribution is -0.0867. The van der Waals surface area contributed by atoms with Crippen LogP contribution in [0.2, 0.25) is 0 Å². The molecule has 0 aliphatic carbocycles. The molecule has 0 bridgehead atoms. The number of carbonyl (C=O) groups is 1.